The third kappa shape index (κ3) is 2.84. The van der Waals surface area contributed by atoms with E-state index in [1.807, 2.05) is 24.3 Å². The summed E-state index contributed by atoms with van der Waals surface area (Å²) in [5, 5.41) is 16.0. The highest BCUT2D eigenvalue weighted by Crippen LogP contribution is 2.35. The van der Waals surface area contributed by atoms with E-state index in [-0.39, 0.29) is 18.4 Å². The average molecular weight is 346 g/mol. The molecule has 0 bridgehead atoms. The van der Waals surface area contributed by atoms with Gasteiger partial charge >= 0.3 is 0 Å². The van der Waals surface area contributed by atoms with Crippen LogP contribution in [0.5, 0.6) is 11.5 Å². The quantitative estimate of drug-likeness (QED) is 0.787. The first kappa shape index (κ1) is 15.7. The molecule has 1 N–H and O–H groups in total. The number of carbonyl (C=O) groups is 1. The fourth-order valence-electron chi connectivity index (χ4n) is 2.77. The number of carbonyl (C=O) groups excluding carboxylic acids is 1. The van der Waals surface area contributed by atoms with Gasteiger partial charge in [-0.25, -0.2) is 0 Å². The lowest BCUT2D eigenvalue weighted by molar-refractivity contribution is 0.102. The number of nitrogens with zero attached hydrogens (tertiary/aromatic N) is 3. The lowest BCUT2D eigenvalue weighted by Crippen LogP contribution is -2.13. The van der Waals surface area contributed by atoms with Crippen molar-refractivity contribution in [3.8, 4) is 28.8 Å². The molecule has 1 aromatic heterocycles. The van der Waals surface area contributed by atoms with Crippen molar-refractivity contribution in [3.63, 3.8) is 0 Å². The summed E-state index contributed by atoms with van der Waals surface area (Å²) in [4.78, 5) is 12.5. The second-order valence-electron chi connectivity index (χ2n) is 5.75. The zero-order chi connectivity index (χ0) is 18.1. The maximum atomic E-state index is 12.5. The molecule has 7 heteroatoms. The number of aryl methyl sites for hydroxylation is 1. The molecule has 7 nitrogen and oxygen atoms in total. The molecule has 0 radical (unpaired) electrons. The Kier molecular flexibility index (Phi) is 3.78. The Balaban J connectivity index is 1.60. The molecule has 1 aliphatic heterocycles. The SMILES string of the molecule is Cn1nc(C(=O)Nc2cccc(C#N)c2)cc1-c1ccc2c(c1)OCO2. The summed E-state index contributed by atoms with van der Waals surface area (Å²) in [6, 6.07) is 16.1. The fraction of sp³-hybridized carbons (Fsp3) is 0.105. The second kappa shape index (κ2) is 6.26. The summed E-state index contributed by atoms with van der Waals surface area (Å²) < 4.78 is 12.4. The number of hydrogen-bond donors (Lipinski definition) is 1. The van der Waals surface area contributed by atoms with Crippen LogP contribution in [-0.2, 0) is 7.05 Å². The van der Waals surface area contributed by atoms with Crippen molar-refractivity contribution in [2.24, 2.45) is 7.05 Å². The van der Waals surface area contributed by atoms with E-state index in [0.29, 0.717) is 22.7 Å². The molecule has 4 rings (SSSR count). The van der Waals surface area contributed by atoms with E-state index in [1.165, 1.54) is 0 Å². The molecule has 0 aliphatic carbocycles. The van der Waals surface area contributed by atoms with Crippen LogP contribution in [0.2, 0.25) is 0 Å². The largest absolute Gasteiger partial charge is 0.454 e. The van der Waals surface area contributed by atoms with Crippen LogP contribution in [0, 0.1) is 11.3 Å². The molecule has 3 aromatic rings. The summed E-state index contributed by atoms with van der Waals surface area (Å²) in [6.45, 7) is 0.208. The Hall–Kier alpha value is -3.79. The number of rotatable bonds is 3. The minimum absolute atomic E-state index is 0.208. The molecule has 128 valence electrons. The van der Waals surface area contributed by atoms with Gasteiger partial charge in [-0.1, -0.05) is 6.07 Å². The number of hydrogen-bond acceptors (Lipinski definition) is 5. The lowest BCUT2D eigenvalue weighted by Gasteiger charge is -2.03. The van der Waals surface area contributed by atoms with Gasteiger partial charge in [0.15, 0.2) is 17.2 Å². The molecular weight excluding hydrogens is 332 g/mol. The Labute approximate surface area is 149 Å². The van der Waals surface area contributed by atoms with Crippen molar-refractivity contribution in [1.29, 1.82) is 5.26 Å². The van der Waals surface area contributed by atoms with Crippen molar-refractivity contribution in [2.75, 3.05) is 12.1 Å². The van der Waals surface area contributed by atoms with Gasteiger partial charge in [0.1, 0.15) is 0 Å². The van der Waals surface area contributed by atoms with Crippen LogP contribution in [0.15, 0.2) is 48.5 Å². The van der Waals surface area contributed by atoms with E-state index in [4.69, 9.17) is 14.7 Å². The first-order chi connectivity index (χ1) is 12.6. The Morgan fingerprint density at radius 1 is 1.19 bits per heavy atom. The molecule has 0 saturated carbocycles. The summed E-state index contributed by atoms with van der Waals surface area (Å²) in [5.74, 6) is 1.02. The molecule has 1 amide bonds. The molecule has 0 saturated heterocycles. The zero-order valence-corrected chi connectivity index (χ0v) is 13.9. The van der Waals surface area contributed by atoms with Crippen molar-refractivity contribution in [3.05, 3.63) is 59.8 Å². The average Bonchev–Trinajstić information content (AvgIpc) is 3.27. The number of fused-ring (bicyclic) bond motifs is 1. The van der Waals surface area contributed by atoms with E-state index >= 15 is 0 Å². The van der Waals surface area contributed by atoms with Crippen LogP contribution < -0.4 is 14.8 Å². The summed E-state index contributed by atoms with van der Waals surface area (Å²) in [5.41, 5.74) is 2.95. The predicted molar refractivity (Wildman–Crippen MR) is 93.9 cm³/mol. The second-order valence-corrected chi connectivity index (χ2v) is 5.75. The summed E-state index contributed by atoms with van der Waals surface area (Å²) in [7, 11) is 1.77. The van der Waals surface area contributed by atoms with Crippen LogP contribution in [0.25, 0.3) is 11.3 Å². The van der Waals surface area contributed by atoms with Gasteiger partial charge in [0.2, 0.25) is 6.79 Å². The fourth-order valence-corrected chi connectivity index (χ4v) is 2.77. The highest BCUT2D eigenvalue weighted by molar-refractivity contribution is 6.03. The third-order valence-corrected chi connectivity index (χ3v) is 4.03. The zero-order valence-electron chi connectivity index (χ0n) is 13.9. The molecule has 0 atom stereocenters. The molecule has 26 heavy (non-hydrogen) atoms. The van der Waals surface area contributed by atoms with Crippen molar-refractivity contribution in [1.82, 2.24) is 9.78 Å². The van der Waals surface area contributed by atoms with Crippen LogP contribution in [0.4, 0.5) is 5.69 Å². The third-order valence-electron chi connectivity index (χ3n) is 4.03. The van der Waals surface area contributed by atoms with E-state index in [9.17, 15) is 4.79 Å². The van der Waals surface area contributed by atoms with Gasteiger partial charge in [-0.15, -0.1) is 0 Å². The monoisotopic (exact) mass is 346 g/mol. The number of nitrogens with one attached hydrogen (secondary N) is 1. The molecular formula is C19H14N4O3. The van der Waals surface area contributed by atoms with Crippen molar-refractivity contribution < 1.29 is 14.3 Å². The smallest absolute Gasteiger partial charge is 0.276 e. The van der Waals surface area contributed by atoms with Gasteiger partial charge in [-0.2, -0.15) is 10.4 Å². The topological polar surface area (TPSA) is 89.2 Å². The van der Waals surface area contributed by atoms with Crippen LogP contribution in [0.1, 0.15) is 16.1 Å². The van der Waals surface area contributed by atoms with E-state index < -0.39 is 0 Å². The van der Waals surface area contributed by atoms with Crippen LogP contribution in [-0.4, -0.2) is 22.5 Å². The van der Waals surface area contributed by atoms with Gasteiger partial charge in [0.05, 0.1) is 17.3 Å². The first-order valence-electron chi connectivity index (χ1n) is 7.89. The van der Waals surface area contributed by atoms with Gasteiger partial charge in [0, 0.05) is 18.3 Å². The van der Waals surface area contributed by atoms with Gasteiger partial charge < -0.3 is 14.8 Å². The Morgan fingerprint density at radius 3 is 2.88 bits per heavy atom. The molecule has 0 unspecified atom stereocenters. The van der Waals surface area contributed by atoms with E-state index in [0.717, 1.165) is 11.3 Å². The van der Waals surface area contributed by atoms with Crippen LogP contribution in [0.3, 0.4) is 0 Å². The minimum atomic E-state index is -0.345. The Morgan fingerprint density at radius 2 is 2.04 bits per heavy atom. The molecule has 2 aromatic carbocycles. The summed E-state index contributed by atoms with van der Waals surface area (Å²) in [6.07, 6.45) is 0. The summed E-state index contributed by atoms with van der Waals surface area (Å²) >= 11 is 0. The minimum Gasteiger partial charge on any atom is -0.454 e. The normalized spacial score (nSPS) is 11.8. The van der Waals surface area contributed by atoms with E-state index in [1.54, 1.807) is 42.1 Å². The standard InChI is InChI=1S/C19H14N4O3/c1-23-16(13-5-6-17-18(8-13)26-11-25-17)9-15(22-23)19(24)21-14-4-2-3-12(7-14)10-20/h2-9H,11H2,1H3,(H,21,24). The highest BCUT2D eigenvalue weighted by Gasteiger charge is 2.18. The highest BCUT2D eigenvalue weighted by atomic mass is 16.7. The van der Waals surface area contributed by atoms with Crippen LogP contribution >= 0.6 is 0 Å². The molecule has 0 fully saturated rings. The molecule has 0 spiro atoms. The van der Waals surface area contributed by atoms with Gasteiger partial charge in [-0.3, -0.25) is 9.48 Å². The number of ether oxygens (including phenoxy) is 2. The number of benzene rings is 2. The number of amides is 1. The van der Waals surface area contributed by atoms with Gasteiger partial charge in [0.25, 0.3) is 5.91 Å². The van der Waals surface area contributed by atoms with E-state index in [2.05, 4.69) is 10.4 Å². The van der Waals surface area contributed by atoms with Gasteiger partial charge in [-0.05, 0) is 42.5 Å². The number of aromatic nitrogens is 2. The molecule has 1 aliphatic rings. The van der Waals surface area contributed by atoms with Crippen molar-refractivity contribution in [2.45, 2.75) is 0 Å². The lowest BCUT2D eigenvalue weighted by atomic mass is 10.1. The maximum Gasteiger partial charge on any atom is 0.276 e. The number of anilines is 1. The Bertz CT molecular complexity index is 1050. The van der Waals surface area contributed by atoms with Crippen molar-refractivity contribution >= 4 is 11.6 Å². The predicted octanol–water partition coefficient (Wildman–Crippen LogP) is 2.94. The first-order valence-corrected chi connectivity index (χ1v) is 7.89. The molecule has 2 heterocycles. The number of nitriles is 1. The maximum absolute atomic E-state index is 12.5.